The number of benzene rings is 1. The average molecular weight is 257 g/mol. The van der Waals surface area contributed by atoms with Crippen molar-refractivity contribution in [2.45, 2.75) is 13.8 Å². The van der Waals surface area contributed by atoms with E-state index in [1.165, 1.54) is 0 Å². The molecule has 1 aromatic rings. The third kappa shape index (κ3) is 3.24. The molecule has 0 atom stereocenters. The lowest BCUT2D eigenvalue weighted by Crippen LogP contribution is -2.09. The minimum Gasteiger partial charge on any atom is -0.374 e. The van der Waals surface area contributed by atoms with Gasteiger partial charge in [0.1, 0.15) is 6.61 Å². The predicted octanol–water partition coefficient (Wildman–Crippen LogP) is 2.98. The highest BCUT2D eigenvalue weighted by molar-refractivity contribution is 9.10. The topological polar surface area (TPSA) is 26.3 Å². The minimum atomic E-state index is 0.0243. The first kappa shape index (κ1) is 11.4. The Bertz CT molecular complexity index is 314. The number of carbonyl (C=O) groups is 1. The molecule has 0 saturated carbocycles. The van der Waals surface area contributed by atoms with Crippen molar-refractivity contribution in [3.63, 3.8) is 0 Å². The number of Topliss-reactive ketones (excluding diaryl/α,β-unsaturated/α-hetero) is 1. The smallest absolute Gasteiger partial charge is 0.188 e. The normalized spacial score (nSPS) is 10.2. The summed E-state index contributed by atoms with van der Waals surface area (Å²) in [7, 11) is 0. The van der Waals surface area contributed by atoms with E-state index in [0.717, 1.165) is 10.0 Å². The van der Waals surface area contributed by atoms with Crippen LogP contribution in [0.1, 0.15) is 22.8 Å². The van der Waals surface area contributed by atoms with Crippen LogP contribution >= 0.6 is 15.9 Å². The van der Waals surface area contributed by atoms with Gasteiger partial charge in [0.15, 0.2) is 5.78 Å². The number of hydrogen-bond donors (Lipinski definition) is 0. The third-order valence-electron chi connectivity index (χ3n) is 1.80. The van der Waals surface area contributed by atoms with Crippen molar-refractivity contribution in [3.05, 3.63) is 33.8 Å². The van der Waals surface area contributed by atoms with Gasteiger partial charge < -0.3 is 4.74 Å². The molecule has 0 N–H and O–H groups in total. The Balaban J connectivity index is 2.79. The van der Waals surface area contributed by atoms with Crippen LogP contribution in [-0.2, 0) is 4.74 Å². The molecule has 0 heterocycles. The number of ketones is 1. The summed E-state index contributed by atoms with van der Waals surface area (Å²) in [5, 5.41) is 0. The number of hydrogen-bond acceptors (Lipinski definition) is 2. The second-order valence-corrected chi connectivity index (χ2v) is 3.99. The molecule has 76 valence electrons. The molecule has 0 fully saturated rings. The highest BCUT2D eigenvalue weighted by atomic mass is 79.9. The monoisotopic (exact) mass is 256 g/mol. The summed E-state index contributed by atoms with van der Waals surface area (Å²) in [6.07, 6.45) is 0. The van der Waals surface area contributed by atoms with Gasteiger partial charge in [-0.1, -0.05) is 15.9 Å². The SMILES string of the molecule is CCOCC(=O)c1cc(C)cc(Br)c1. The Morgan fingerprint density at radius 3 is 2.71 bits per heavy atom. The van der Waals surface area contributed by atoms with Gasteiger partial charge in [0.2, 0.25) is 0 Å². The van der Waals surface area contributed by atoms with Crippen LogP contribution in [-0.4, -0.2) is 19.0 Å². The summed E-state index contributed by atoms with van der Waals surface area (Å²) in [4.78, 5) is 11.6. The maximum atomic E-state index is 11.6. The van der Waals surface area contributed by atoms with E-state index in [1.54, 1.807) is 0 Å². The molecule has 0 amide bonds. The second-order valence-electron chi connectivity index (χ2n) is 3.08. The van der Waals surface area contributed by atoms with Crippen LogP contribution in [0.4, 0.5) is 0 Å². The molecule has 0 radical (unpaired) electrons. The molecule has 0 aliphatic heterocycles. The van der Waals surface area contributed by atoms with Gasteiger partial charge in [0.05, 0.1) is 0 Å². The number of aryl methyl sites for hydroxylation is 1. The van der Waals surface area contributed by atoms with E-state index >= 15 is 0 Å². The van der Waals surface area contributed by atoms with Crippen LogP contribution in [0.5, 0.6) is 0 Å². The molecule has 1 rings (SSSR count). The first-order valence-electron chi connectivity index (χ1n) is 4.51. The molecule has 0 bridgehead atoms. The maximum Gasteiger partial charge on any atom is 0.188 e. The Morgan fingerprint density at radius 1 is 1.43 bits per heavy atom. The molecular weight excluding hydrogens is 244 g/mol. The molecule has 1 aromatic carbocycles. The number of ether oxygens (including phenoxy) is 1. The van der Waals surface area contributed by atoms with Crippen LogP contribution in [0, 0.1) is 6.92 Å². The standard InChI is InChI=1S/C11H13BrO2/c1-3-14-7-11(13)9-4-8(2)5-10(12)6-9/h4-6H,3,7H2,1-2H3. The summed E-state index contributed by atoms with van der Waals surface area (Å²) in [6.45, 7) is 4.56. The zero-order chi connectivity index (χ0) is 10.6. The van der Waals surface area contributed by atoms with Gasteiger partial charge in [-0.25, -0.2) is 0 Å². The van der Waals surface area contributed by atoms with Gasteiger partial charge >= 0.3 is 0 Å². The lowest BCUT2D eigenvalue weighted by Gasteiger charge is -2.03. The quantitative estimate of drug-likeness (QED) is 0.775. The lowest BCUT2D eigenvalue weighted by atomic mass is 10.1. The fourth-order valence-electron chi connectivity index (χ4n) is 1.18. The van der Waals surface area contributed by atoms with Gasteiger partial charge in [-0.15, -0.1) is 0 Å². The molecular formula is C11H13BrO2. The van der Waals surface area contributed by atoms with Crippen LogP contribution in [0.15, 0.2) is 22.7 Å². The van der Waals surface area contributed by atoms with Crippen molar-refractivity contribution in [2.75, 3.05) is 13.2 Å². The van der Waals surface area contributed by atoms with Gasteiger partial charge in [0.25, 0.3) is 0 Å². The fraction of sp³-hybridized carbons (Fsp3) is 0.364. The summed E-state index contributed by atoms with van der Waals surface area (Å²) in [5.41, 5.74) is 1.77. The molecule has 0 saturated heterocycles. The van der Waals surface area contributed by atoms with Crippen LogP contribution in [0.25, 0.3) is 0 Å². The lowest BCUT2D eigenvalue weighted by molar-refractivity contribution is 0.0783. The number of rotatable bonds is 4. The van der Waals surface area contributed by atoms with E-state index in [-0.39, 0.29) is 12.4 Å². The predicted molar refractivity (Wildman–Crippen MR) is 59.7 cm³/mol. The van der Waals surface area contributed by atoms with E-state index in [4.69, 9.17) is 4.74 Å². The maximum absolute atomic E-state index is 11.6. The summed E-state index contributed by atoms with van der Waals surface area (Å²) < 4.78 is 5.99. The highest BCUT2D eigenvalue weighted by Gasteiger charge is 2.06. The van der Waals surface area contributed by atoms with Gasteiger partial charge in [-0.05, 0) is 37.6 Å². The molecule has 3 heteroatoms. The van der Waals surface area contributed by atoms with Crippen LogP contribution < -0.4 is 0 Å². The van der Waals surface area contributed by atoms with Gasteiger partial charge in [-0.2, -0.15) is 0 Å². The Morgan fingerprint density at radius 2 is 2.14 bits per heavy atom. The summed E-state index contributed by atoms with van der Waals surface area (Å²) >= 11 is 3.36. The van der Waals surface area contributed by atoms with Crippen molar-refractivity contribution in [1.82, 2.24) is 0 Å². The van der Waals surface area contributed by atoms with Gasteiger partial charge in [-0.3, -0.25) is 4.79 Å². The number of halogens is 1. The molecule has 2 nitrogen and oxygen atoms in total. The van der Waals surface area contributed by atoms with Crippen molar-refractivity contribution >= 4 is 21.7 Å². The average Bonchev–Trinajstić information content (AvgIpc) is 2.12. The van der Waals surface area contributed by atoms with Crippen molar-refractivity contribution in [1.29, 1.82) is 0 Å². The van der Waals surface area contributed by atoms with E-state index in [0.29, 0.717) is 12.2 Å². The van der Waals surface area contributed by atoms with E-state index in [9.17, 15) is 4.79 Å². The largest absolute Gasteiger partial charge is 0.374 e. The zero-order valence-electron chi connectivity index (χ0n) is 8.34. The molecule has 0 aromatic heterocycles. The second kappa shape index (κ2) is 5.27. The highest BCUT2D eigenvalue weighted by Crippen LogP contribution is 2.15. The third-order valence-corrected chi connectivity index (χ3v) is 2.26. The summed E-state index contributed by atoms with van der Waals surface area (Å²) in [5.74, 6) is 0.0243. The first-order chi connectivity index (χ1) is 6.63. The molecule has 0 aliphatic carbocycles. The zero-order valence-corrected chi connectivity index (χ0v) is 9.93. The Hall–Kier alpha value is -0.670. The molecule has 0 unspecified atom stereocenters. The van der Waals surface area contributed by atoms with Crippen LogP contribution in [0.3, 0.4) is 0 Å². The molecule has 0 spiro atoms. The summed E-state index contributed by atoms with van der Waals surface area (Å²) in [6, 6.07) is 5.65. The van der Waals surface area contributed by atoms with Crippen LogP contribution in [0.2, 0.25) is 0 Å². The fourth-order valence-corrected chi connectivity index (χ4v) is 1.78. The van der Waals surface area contributed by atoms with E-state index in [2.05, 4.69) is 15.9 Å². The van der Waals surface area contributed by atoms with Crippen molar-refractivity contribution < 1.29 is 9.53 Å². The van der Waals surface area contributed by atoms with E-state index in [1.807, 2.05) is 32.0 Å². The first-order valence-corrected chi connectivity index (χ1v) is 5.31. The van der Waals surface area contributed by atoms with Gasteiger partial charge in [0, 0.05) is 16.6 Å². The van der Waals surface area contributed by atoms with Crippen molar-refractivity contribution in [3.8, 4) is 0 Å². The van der Waals surface area contributed by atoms with E-state index < -0.39 is 0 Å². The Labute approximate surface area is 92.4 Å². The molecule has 0 aliphatic rings. The Kier molecular flexibility index (Phi) is 4.29. The van der Waals surface area contributed by atoms with Crippen molar-refractivity contribution in [2.24, 2.45) is 0 Å². The number of carbonyl (C=O) groups excluding carboxylic acids is 1. The minimum absolute atomic E-state index is 0.0243. The molecule has 14 heavy (non-hydrogen) atoms.